The van der Waals surface area contributed by atoms with Gasteiger partial charge < -0.3 is 9.84 Å². The highest BCUT2D eigenvalue weighted by atomic mass is 19.4. The fraction of sp³-hybridized carbons (Fsp3) is 0.250. The third-order valence-electron chi connectivity index (χ3n) is 3.71. The molecule has 0 aliphatic heterocycles. The SMILES string of the molecule is CCOc1ccc2c(c1)-c1ccccc1C2(O)C(F)(F)F. The second kappa shape index (κ2) is 4.49. The topological polar surface area (TPSA) is 29.5 Å². The molecule has 0 spiro atoms. The minimum absolute atomic E-state index is 0.138. The van der Waals surface area contributed by atoms with Gasteiger partial charge in [-0.25, -0.2) is 0 Å². The van der Waals surface area contributed by atoms with Crippen molar-refractivity contribution in [2.45, 2.75) is 18.7 Å². The Labute approximate surface area is 119 Å². The predicted molar refractivity (Wildman–Crippen MR) is 72.1 cm³/mol. The van der Waals surface area contributed by atoms with E-state index in [9.17, 15) is 18.3 Å². The van der Waals surface area contributed by atoms with Crippen LogP contribution < -0.4 is 4.74 Å². The maximum absolute atomic E-state index is 13.5. The van der Waals surface area contributed by atoms with Crippen LogP contribution >= 0.6 is 0 Å². The number of aliphatic hydroxyl groups is 1. The van der Waals surface area contributed by atoms with Gasteiger partial charge in [-0.1, -0.05) is 30.3 Å². The van der Waals surface area contributed by atoms with E-state index in [0.29, 0.717) is 23.5 Å². The van der Waals surface area contributed by atoms with E-state index in [0.717, 1.165) is 0 Å². The maximum atomic E-state index is 13.5. The molecule has 2 aromatic rings. The molecule has 0 radical (unpaired) electrons. The molecule has 110 valence electrons. The highest BCUT2D eigenvalue weighted by molar-refractivity contribution is 5.81. The smallest absolute Gasteiger partial charge is 0.425 e. The monoisotopic (exact) mass is 294 g/mol. The molecule has 1 atom stereocenters. The van der Waals surface area contributed by atoms with Gasteiger partial charge in [0.15, 0.2) is 0 Å². The molecule has 0 saturated carbocycles. The molecule has 1 aliphatic rings. The van der Waals surface area contributed by atoms with E-state index >= 15 is 0 Å². The Bertz CT molecular complexity index is 694. The van der Waals surface area contributed by atoms with Gasteiger partial charge in [-0.3, -0.25) is 0 Å². The summed E-state index contributed by atoms with van der Waals surface area (Å²) in [5.74, 6) is 0.484. The fourth-order valence-electron chi connectivity index (χ4n) is 2.80. The van der Waals surface area contributed by atoms with Gasteiger partial charge in [-0.2, -0.15) is 13.2 Å². The maximum Gasteiger partial charge on any atom is 0.425 e. The molecule has 1 unspecified atom stereocenters. The first-order valence-electron chi connectivity index (χ1n) is 6.56. The second-order valence-corrected chi connectivity index (χ2v) is 4.89. The van der Waals surface area contributed by atoms with E-state index in [-0.39, 0.29) is 11.1 Å². The molecule has 0 fully saturated rings. The summed E-state index contributed by atoms with van der Waals surface area (Å²) < 4.78 is 45.7. The normalized spacial score (nSPS) is 20.0. The van der Waals surface area contributed by atoms with Crippen LogP contribution in [0.15, 0.2) is 42.5 Å². The van der Waals surface area contributed by atoms with Crippen molar-refractivity contribution in [3.8, 4) is 16.9 Å². The zero-order valence-electron chi connectivity index (χ0n) is 11.2. The molecule has 0 bridgehead atoms. The van der Waals surface area contributed by atoms with Crippen LogP contribution in [0, 0.1) is 0 Å². The van der Waals surface area contributed by atoms with Gasteiger partial charge in [-0.15, -0.1) is 0 Å². The number of halogens is 3. The molecular formula is C16H13F3O2. The van der Waals surface area contributed by atoms with E-state index < -0.39 is 11.8 Å². The Balaban J connectivity index is 2.29. The summed E-state index contributed by atoms with van der Waals surface area (Å²) in [7, 11) is 0. The van der Waals surface area contributed by atoms with Crippen molar-refractivity contribution in [1.29, 1.82) is 0 Å². The van der Waals surface area contributed by atoms with Crippen molar-refractivity contribution in [3.05, 3.63) is 53.6 Å². The molecule has 1 N–H and O–H groups in total. The van der Waals surface area contributed by atoms with E-state index in [1.807, 2.05) is 0 Å². The van der Waals surface area contributed by atoms with Crippen LogP contribution in [0.1, 0.15) is 18.1 Å². The van der Waals surface area contributed by atoms with Crippen LogP contribution in [0.4, 0.5) is 13.2 Å². The summed E-state index contributed by atoms with van der Waals surface area (Å²) in [5.41, 5.74) is -2.52. The van der Waals surface area contributed by atoms with Gasteiger partial charge in [0, 0.05) is 11.1 Å². The van der Waals surface area contributed by atoms with Crippen molar-refractivity contribution in [1.82, 2.24) is 0 Å². The van der Waals surface area contributed by atoms with E-state index in [2.05, 4.69) is 0 Å². The largest absolute Gasteiger partial charge is 0.494 e. The second-order valence-electron chi connectivity index (χ2n) is 4.89. The highest BCUT2D eigenvalue weighted by Gasteiger charge is 2.60. The first kappa shape index (κ1) is 13.9. The Morgan fingerprint density at radius 2 is 1.71 bits per heavy atom. The van der Waals surface area contributed by atoms with Crippen LogP contribution in [0.3, 0.4) is 0 Å². The number of rotatable bonds is 2. The molecule has 5 heteroatoms. The molecule has 3 rings (SSSR count). The number of hydrogen-bond acceptors (Lipinski definition) is 2. The quantitative estimate of drug-likeness (QED) is 0.911. The molecular weight excluding hydrogens is 281 g/mol. The number of hydrogen-bond donors (Lipinski definition) is 1. The molecule has 0 heterocycles. The Morgan fingerprint density at radius 1 is 1.05 bits per heavy atom. The first-order chi connectivity index (χ1) is 9.89. The molecule has 0 saturated heterocycles. The molecule has 21 heavy (non-hydrogen) atoms. The van der Waals surface area contributed by atoms with Crippen molar-refractivity contribution in [2.24, 2.45) is 0 Å². The number of alkyl halides is 3. The lowest BCUT2D eigenvalue weighted by Crippen LogP contribution is -2.41. The fourth-order valence-corrected chi connectivity index (χ4v) is 2.80. The van der Waals surface area contributed by atoms with Gasteiger partial charge in [0.05, 0.1) is 6.61 Å². The van der Waals surface area contributed by atoms with Gasteiger partial charge in [0.2, 0.25) is 5.60 Å². The Kier molecular flexibility index (Phi) is 2.99. The van der Waals surface area contributed by atoms with Gasteiger partial charge >= 0.3 is 6.18 Å². The summed E-state index contributed by atoms with van der Waals surface area (Å²) in [5, 5.41) is 10.4. The summed E-state index contributed by atoms with van der Waals surface area (Å²) in [6.45, 7) is 2.22. The third-order valence-corrected chi connectivity index (χ3v) is 3.71. The molecule has 2 nitrogen and oxygen atoms in total. The highest BCUT2D eigenvalue weighted by Crippen LogP contribution is 2.55. The molecule has 0 amide bonds. The predicted octanol–water partition coefficient (Wildman–Crippen LogP) is 3.86. The summed E-state index contributed by atoms with van der Waals surface area (Å²) >= 11 is 0. The zero-order chi connectivity index (χ0) is 15.3. The van der Waals surface area contributed by atoms with E-state index in [1.54, 1.807) is 25.1 Å². The molecule has 0 aromatic heterocycles. The van der Waals surface area contributed by atoms with Crippen LogP contribution in [0.2, 0.25) is 0 Å². The van der Waals surface area contributed by atoms with E-state index in [4.69, 9.17) is 4.74 Å². The Hall–Kier alpha value is -2.01. The lowest BCUT2D eigenvalue weighted by molar-refractivity contribution is -0.246. The average molecular weight is 294 g/mol. The van der Waals surface area contributed by atoms with Gasteiger partial charge in [-0.05, 0) is 30.2 Å². The lowest BCUT2D eigenvalue weighted by atomic mass is 9.91. The standard InChI is InChI=1S/C16H13F3O2/c1-2-21-10-7-8-14-12(9-10)11-5-3-4-6-13(11)15(14,20)16(17,18)19/h3-9,20H,2H2,1H3. The lowest BCUT2D eigenvalue weighted by Gasteiger charge is -2.28. The number of fused-ring (bicyclic) bond motifs is 3. The number of benzene rings is 2. The Morgan fingerprint density at radius 3 is 2.38 bits per heavy atom. The third kappa shape index (κ3) is 1.84. The van der Waals surface area contributed by atoms with Gasteiger partial charge in [0.1, 0.15) is 5.75 Å². The van der Waals surface area contributed by atoms with Crippen LogP contribution in [0.25, 0.3) is 11.1 Å². The van der Waals surface area contributed by atoms with Crippen molar-refractivity contribution < 1.29 is 23.0 Å². The minimum Gasteiger partial charge on any atom is -0.494 e. The van der Waals surface area contributed by atoms with Crippen molar-refractivity contribution >= 4 is 0 Å². The molecule has 2 aromatic carbocycles. The van der Waals surface area contributed by atoms with Crippen LogP contribution in [-0.2, 0) is 5.60 Å². The zero-order valence-corrected chi connectivity index (χ0v) is 11.2. The summed E-state index contributed by atoms with van der Waals surface area (Å²) in [4.78, 5) is 0. The summed E-state index contributed by atoms with van der Waals surface area (Å²) in [6, 6.07) is 10.3. The van der Waals surface area contributed by atoms with Crippen molar-refractivity contribution in [2.75, 3.05) is 6.61 Å². The average Bonchev–Trinajstić information content (AvgIpc) is 2.70. The van der Waals surface area contributed by atoms with Gasteiger partial charge in [0.25, 0.3) is 0 Å². The van der Waals surface area contributed by atoms with E-state index in [1.165, 1.54) is 24.3 Å². The van der Waals surface area contributed by atoms with Crippen LogP contribution in [-0.4, -0.2) is 17.9 Å². The minimum atomic E-state index is -4.79. The number of ether oxygens (including phenoxy) is 1. The molecule has 1 aliphatic carbocycles. The van der Waals surface area contributed by atoms with Crippen LogP contribution in [0.5, 0.6) is 5.75 Å². The first-order valence-corrected chi connectivity index (χ1v) is 6.56. The summed E-state index contributed by atoms with van der Waals surface area (Å²) in [6.07, 6.45) is -4.79. The van der Waals surface area contributed by atoms with Crippen molar-refractivity contribution in [3.63, 3.8) is 0 Å².